The molecule has 1 aliphatic rings. The minimum atomic E-state index is 0.277. The van der Waals surface area contributed by atoms with Gasteiger partial charge in [0.1, 0.15) is 0 Å². The molecule has 0 bridgehead atoms. The van der Waals surface area contributed by atoms with Gasteiger partial charge in [-0.2, -0.15) is 0 Å². The van der Waals surface area contributed by atoms with Gasteiger partial charge in [0.2, 0.25) is 0 Å². The van der Waals surface area contributed by atoms with Crippen molar-refractivity contribution < 1.29 is 4.74 Å². The second-order valence-electron chi connectivity index (χ2n) is 7.71. The zero-order valence-corrected chi connectivity index (χ0v) is 14.7. The minimum absolute atomic E-state index is 0.277. The molecule has 20 heavy (non-hydrogen) atoms. The fourth-order valence-electron chi connectivity index (χ4n) is 2.69. The van der Waals surface area contributed by atoms with Gasteiger partial charge in [0.25, 0.3) is 0 Å². The molecule has 1 N–H and O–H groups in total. The molecular weight excluding hydrogens is 248 g/mol. The van der Waals surface area contributed by atoms with Gasteiger partial charge in [-0.15, -0.1) is 0 Å². The van der Waals surface area contributed by atoms with Crippen molar-refractivity contribution in [3.05, 3.63) is 0 Å². The van der Waals surface area contributed by atoms with Crippen LogP contribution in [-0.2, 0) is 4.74 Å². The van der Waals surface area contributed by atoms with E-state index in [2.05, 4.69) is 58.8 Å². The predicted molar refractivity (Wildman–Crippen MR) is 87.1 cm³/mol. The van der Waals surface area contributed by atoms with Gasteiger partial charge in [-0.05, 0) is 52.7 Å². The number of ether oxygens (including phenoxy) is 1. The van der Waals surface area contributed by atoms with Crippen LogP contribution in [0.4, 0.5) is 0 Å². The quantitative estimate of drug-likeness (QED) is 0.658. The lowest BCUT2D eigenvalue weighted by atomic mass is 9.64. The zero-order valence-electron chi connectivity index (χ0n) is 14.7. The monoisotopic (exact) mass is 284 g/mol. The summed E-state index contributed by atoms with van der Waals surface area (Å²) in [4.78, 5) is 2.40. The lowest BCUT2D eigenvalue weighted by Crippen LogP contribution is -2.61. The Hall–Kier alpha value is -0.120. The van der Waals surface area contributed by atoms with E-state index in [1.807, 2.05) is 0 Å². The third kappa shape index (κ3) is 5.01. The van der Waals surface area contributed by atoms with Crippen LogP contribution in [0.3, 0.4) is 0 Å². The van der Waals surface area contributed by atoms with Crippen molar-refractivity contribution in [2.45, 2.75) is 72.6 Å². The molecule has 3 nitrogen and oxygen atoms in total. The maximum Gasteiger partial charge on any atom is 0.0656 e. The number of hydrogen-bond acceptors (Lipinski definition) is 3. The first kappa shape index (κ1) is 17.9. The first-order valence-corrected chi connectivity index (χ1v) is 8.30. The lowest BCUT2D eigenvalue weighted by molar-refractivity contribution is -0.123. The summed E-state index contributed by atoms with van der Waals surface area (Å²) in [6.07, 6.45) is 2.82. The second kappa shape index (κ2) is 7.77. The molecule has 0 saturated heterocycles. The Bertz CT molecular complexity index is 276. The Morgan fingerprint density at radius 3 is 2.40 bits per heavy atom. The molecule has 2 atom stereocenters. The molecule has 3 heteroatoms. The summed E-state index contributed by atoms with van der Waals surface area (Å²) >= 11 is 0. The van der Waals surface area contributed by atoms with Crippen LogP contribution in [0, 0.1) is 11.3 Å². The van der Waals surface area contributed by atoms with E-state index in [0.717, 1.165) is 13.2 Å². The van der Waals surface area contributed by atoms with Crippen LogP contribution in [0.5, 0.6) is 0 Å². The van der Waals surface area contributed by atoms with Gasteiger partial charge in [-0.3, -0.25) is 0 Å². The number of rotatable bonds is 9. The van der Waals surface area contributed by atoms with Gasteiger partial charge in [0.15, 0.2) is 0 Å². The van der Waals surface area contributed by atoms with Crippen LogP contribution in [-0.4, -0.2) is 49.8 Å². The van der Waals surface area contributed by atoms with Crippen molar-refractivity contribution in [3.8, 4) is 0 Å². The van der Waals surface area contributed by atoms with E-state index >= 15 is 0 Å². The Morgan fingerprint density at radius 1 is 1.25 bits per heavy atom. The molecule has 1 saturated carbocycles. The van der Waals surface area contributed by atoms with Crippen molar-refractivity contribution in [2.75, 3.05) is 26.7 Å². The van der Waals surface area contributed by atoms with Crippen LogP contribution in [0.15, 0.2) is 0 Å². The molecule has 0 aliphatic heterocycles. The fourth-order valence-corrected chi connectivity index (χ4v) is 2.69. The van der Waals surface area contributed by atoms with E-state index in [1.54, 1.807) is 0 Å². The second-order valence-corrected chi connectivity index (χ2v) is 7.71. The van der Waals surface area contributed by atoms with Gasteiger partial charge < -0.3 is 15.0 Å². The topological polar surface area (TPSA) is 24.5 Å². The number of nitrogens with one attached hydrogen (secondary N) is 1. The summed E-state index contributed by atoms with van der Waals surface area (Å²) < 4.78 is 6.01. The van der Waals surface area contributed by atoms with Crippen molar-refractivity contribution in [1.29, 1.82) is 0 Å². The molecule has 1 fully saturated rings. The fraction of sp³-hybridized carbons (Fsp3) is 1.00. The molecule has 0 heterocycles. The summed E-state index contributed by atoms with van der Waals surface area (Å²) in [5.74, 6) is 0.629. The van der Waals surface area contributed by atoms with E-state index < -0.39 is 0 Å². The van der Waals surface area contributed by atoms with Gasteiger partial charge in [0, 0.05) is 24.1 Å². The van der Waals surface area contributed by atoms with Crippen LogP contribution in [0.1, 0.15) is 54.4 Å². The van der Waals surface area contributed by atoms with Gasteiger partial charge in [-0.25, -0.2) is 0 Å². The third-order valence-corrected chi connectivity index (χ3v) is 4.77. The van der Waals surface area contributed by atoms with Crippen LogP contribution < -0.4 is 5.32 Å². The smallest absolute Gasteiger partial charge is 0.0656 e. The number of hydrogen-bond donors (Lipinski definition) is 1. The average Bonchev–Trinajstić information content (AvgIpc) is 2.35. The summed E-state index contributed by atoms with van der Waals surface area (Å²) in [5.41, 5.74) is 0.277. The molecule has 0 aromatic rings. The summed E-state index contributed by atoms with van der Waals surface area (Å²) in [7, 11) is 2.20. The van der Waals surface area contributed by atoms with E-state index in [1.165, 1.54) is 19.4 Å². The van der Waals surface area contributed by atoms with Crippen molar-refractivity contribution in [2.24, 2.45) is 11.3 Å². The molecule has 2 unspecified atom stereocenters. The Labute approximate surface area is 126 Å². The third-order valence-electron chi connectivity index (χ3n) is 4.77. The molecule has 0 spiro atoms. The lowest BCUT2D eigenvalue weighted by Gasteiger charge is -2.52. The molecule has 0 aromatic carbocycles. The average molecular weight is 284 g/mol. The summed E-state index contributed by atoms with van der Waals surface area (Å²) in [5, 5.41) is 3.71. The van der Waals surface area contributed by atoms with Crippen LogP contribution >= 0.6 is 0 Å². The van der Waals surface area contributed by atoms with Crippen molar-refractivity contribution in [1.82, 2.24) is 10.2 Å². The zero-order chi connectivity index (χ0) is 15.3. The molecule has 0 radical (unpaired) electrons. The van der Waals surface area contributed by atoms with Gasteiger partial charge in [-0.1, -0.05) is 27.7 Å². The minimum Gasteiger partial charge on any atom is -0.377 e. The molecular formula is C17H36N2O. The SMILES string of the molecule is CC(C)COC1CC(NCCCN(C)C(C)C)C1(C)C. The van der Waals surface area contributed by atoms with Crippen LogP contribution in [0.25, 0.3) is 0 Å². The van der Waals surface area contributed by atoms with Crippen molar-refractivity contribution in [3.63, 3.8) is 0 Å². The van der Waals surface area contributed by atoms with E-state index in [0.29, 0.717) is 24.1 Å². The highest BCUT2D eigenvalue weighted by Crippen LogP contribution is 2.42. The molecule has 0 amide bonds. The Morgan fingerprint density at radius 2 is 1.90 bits per heavy atom. The molecule has 120 valence electrons. The standard InChI is InChI=1S/C17H36N2O/c1-13(2)12-20-16-11-15(17(16,5)6)18-9-8-10-19(7)14(3)4/h13-16,18H,8-12H2,1-7H3. The normalized spacial score (nSPS) is 25.5. The maximum absolute atomic E-state index is 6.01. The predicted octanol–water partition coefficient (Wildman–Crippen LogP) is 3.15. The molecule has 1 rings (SSSR count). The summed E-state index contributed by atoms with van der Waals surface area (Å²) in [6.45, 7) is 16.8. The largest absolute Gasteiger partial charge is 0.377 e. The van der Waals surface area contributed by atoms with Crippen LogP contribution in [0.2, 0.25) is 0 Å². The highest BCUT2D eigenvalue weighted by Gasteiger charge is 2.48. The van der Waals surface area contributed by atoms with E-state index in [4.69, 9.17) is 4.74 Å². The Kier molecular flexibility index (Phi) is 6.96. The first-order valence-electron chi connectivity index (χ1n) is 8.30. The summed E-state index contributed by atoms with van der Waals surface area (Å²) in [6, 6.07) is 1.26. The molecule has 1 aliphatic carbocycles. The first-order chi connectivity index (χ1) is 9.25. The van der Waals surface area contributed by atoms with Crippen molar-refractivity contribution >= 4 is 0 Å². The Balaban J connectivity index is 2.17. The highest BCUT2D eigenvalue weighted by molar-refractivity contribution is 5.02. The van der Waals surface area contributed by atoms with Gasteiger partial charge >= 0.3 is 0 Å². The highest BCUT2D eigenvalue weighted by atomic mass is 16.5. The maximum atomic E-state index is 6.01. The van der Waals surface area contributed by atoms with E-state index in [9.17, 15) is 0 Å². The van der Waals surface area contributed by atoms with Gasteiger partial charge in [0.05, 0.1) is 6.10 Å². The number of nitrogens with zero attached hydrogens (tertiary/aromatic N) is 1. The molecule has 0 aromatic heterocycles. The van der Waals surface area contributed by atoms with E-state index in [-0.39, 0.29) is 5.41 Å².